The molecule has 25 heavy (non-hydrogen) atoms. The Morgan fingerprint density at radius 1 is 1.16 bits per heavy atom. The lowest BCUT2D eigenvalue weighted by Crippen LogP contribution is -2.25. The van der Waals surface area contributed by atoms with Crippen molar-refractivity contribution in [2.24, 2.45) is 0 Å². The molecule has 4 aromatic rings. The molecule has 0 unspecified atom stereocenters. The molecule has 2 N–H and O–H groups in total. The van der Waals surface area contributed by atoms with Gasteiger partial charge in [-0.2, -0.15) is 0 Å². The fraction of sp³-hybridized carbons (Fsp3) is 0.105. The molecule has 0 aliphatic heterocycles. The molecule has 0 saturated heterocycles. The summed E-state index contributed by atoms with van der Waals surface area (Å²) >= 11 is 1.62. The average molecular weight is 348 g/mol. The SMILES string of the molecule is O=C(NCCc1nc(-c2ccccc2)cs1)c1ccc2nc[nH]c2c1. The van der Waals surface area contributed by atoms with Gasteiger partial charge in [-0.05, 0) is 18.2 Å². The molecule has 1 amide bonds. The van der Waals surface area contributed by atoms with Crippen molar-refractivity contribution in [1.29, 1.82) is 0 Å². The molecule has 0 aliphatic carbocycles. The number of nitrogens with zero attached hydrogens (tertiary/aromatic N) is 2. The van der Waals surface area contributed by atoms with E-state index in [9.17, 15) is 4.79 Å². The predicted molar refractivity (Wildman–Crippen MR) is 99.7 cm³/mol. The first-order valence-electron chi connectivity index (χ1n) is 8.01. The first-order valence-corrected chi connectivity index (χ1v) is 8.89. The van der Waals surface area contributed by atoms with Crippen LogP contribution < -0.4 is 5.32 Å². The molecule has 2 aromatic carbocycles. The van der Waals surface area contributed by atoms with Gasteiger partial charge in [0.15, 0.2) is 0 Å². The molecule has 124 valence electrons. The van der Waals surface area contributed by atoms with Crippen LogP contribution in [0.4, 0.5) is 0 Å². The molecule has 0 spiro atoms. The maximum absolute atomic E-state index is 12.3. The fourth-order valence-electron chi connectivity index (χ4n) is 2.63. The monoisotopic (exact) mass is 348 g/mol. The topological polar surface area (TPSA) is 70.7 Å². The lowest BCUT2D eigenvalue weighted by Gasteiger charge is -2.04. The lowest BCUT2D eigenvalue weighted by atomic mass is 10.2. The fourth-order valence-corrected chi connectivity index (χ4v) is 3.44. The molecular weight excluding hydrogens is 332 g/mol. The number of aromatic amines is 1. The molecule has 0 atom stereocenters. The molecule has 6 heteroatoms. The van der Waals surface area contributed by atoms with Gasteiger partial charge in [0.2, 0.25) is 0 Å². The summed E-state index contributed by atoms with van der Waals surface area (Å²) in [6, 6.07) is 15.5. The number of hydrogen-bond donors (Lipinski definition) is 2. The highest BCUT2D eigenvalue weighted by atomic mass is 32.1. The average Bonchev–Trinajstić information content (AvgIpc) is 3.31. The molecule has 0 saturated carbocycles. The van der Waals surface area contributed by atoms with Crippen molar-refractivity contribution < 1.29 is 4.79 Å². The lowest BCUT2D eigenvalue weighted by molar-refractivity contribution is 0.0954. The number of fused-ring (bicyclic) bond motifs is 1. The van der Waals surface area contributed by atoms with Crippen LogP contribution in [0.2, 0.25) is 0 Å². The summed E-state index contributed by atoms with van der Waals surface area (Å²) in [4.78, 5) is 24.1. The van der Waals surface area contributed by atoms with Gasteiger partial charge in [0.05, 0.1) is 28.1 Å². The van der Waals surface area contributed by atoms with Crippen molar-refractivity contribution in [2.45, 2.75) is 6.42 Å². The first-order chi connectivity index (χ1) is 12.3. The molecule has 0 radical (unpaired) electrons. The second-order valence-corrected chi connectivity index (χ2v) is 6.58. The van der Waals surface area contributed by atoms with Crippen LogP contribution in [0.3, 0.4) is 0 Å². The van der Waals surface area contributed by atoms with E-state index in [-0.39, 0.29) is 5.91 Å². The zero-order valence-electron chi connectivity index (χ0n) is 13.4. The second kappa shape index (κ2) is 6.86. The molecule has 4 rings (SSSR count). The molecule has 2 aromatic heterocycles. The van der Waals surface area contributed by atoms with Crippen LogP contribution >= 0.6 is 11.3 Å². The number of carbonyl (C=O) groups excluding carboxylic acids is 1. The van der Waals surface area contributed by atoms with Gasteiger partial charge in [0, 0.05) is 29.5 Å². The van der Waals surface area contributed by atoms with E-state index in [4.69, 9.17) is 0 Å². The summed E-state index contributed by atoms with van der Waals surface area (Å²) in [5.41, 5.74) is 4.44. The van der Waals surface area contributed by atoms with E-state index in [2.05, 4.69) is 25.6 Å². The summed E-state index contributed by atoms with van der Waals surface area (Å²) in [6.07, 6.45) is 2.34. The van der Waals surface area contributed by atoms with Crippen LogP contribution in [0.25, 0.3) is 22.3 Å². The van der Waals surface area contributed by atoms with Crippen molar-refractivity contribution in [3.63, 3.8) is 0 Å². The Bertz CT molecular complexity index is 1010. The molecule has 5 nitrogen and oxygen atoms in total. The number of hydrogen-bond acceptors (Lipinski definition) is 4. The largest absolute Gasteiger partial charge is 0.352 e. The maximum Gasteiger partial charge on any atom is 0.251 e. The summed E-state index contributed by atoms with van der Waals surface area (Å²) in [5, 5.41) is 6.02. The van der Waals surface area contributed by atoms with Gasteiger partial charge in [-0.3, -0.25) is 4.79 Å². The number of aromatic nitrogens is 3. The van der Waals surface area contributed by atoms with E-state index in [0.717, 1.165) is 33.7 Å². The zero-order chi connectivity index (χ0) is 17.1. The Morgan fingerprint density at radius 2 is 2.04 bits per heavy atom. The standard InChI is InChI=1S/C19H16N4OS/c24-19(14-6-7-15-16(10-14)22-12-21-15)20-9-8-18-23-17(11-25-18)13-4-2-1-3-5-13/h1-7,10-12H,8-9H2,(H,20,24)(H,21,22). The van der Waals surface area contributed by atoms with E-state index < -0.39 is 0 Å². The highest BCUT2D eigenvalue weighted by molar-refractivity contribution is 7.09. The Balaban J connectivity index is 1.36. The normalized spacial score (nSPS) is 10.9. The molecule has 0 aliphatic rings. The van der Waals surface area contributed by atoms with Gasteiger partial charge in [0.25, 0.3) is 5.91 Å². The van der Waals surface area contributed by atoms with E-state index in [1.165, 1.54) is 0 Å². The minimum Gasteiger partial charge on any atom is -0.352 e. The van der Waals surface area contributed by atoms with Gasteiger partial charge in [-0.1, -0.05) is 30.3 Å². The smallest absolute Gasteiger partial charge is 0.251 e. The van der Waals surface area contributed by atoms with Gasteiger partial charge < -0.3 is 10.3 Å². The van der Waals surface area contributed by atoms with Crippen molar-refractivity contribution in [2.75, 3.05) is 6.54 Å². The Hall–Kier alpha value is -2.99. The number of amides is 1. The molecule has 2 heterocycles. The van der Waals surface area contributed by atoms with Crippen LogP contribution in [-0.4, -0.2) is 27.4 Å². The van der Waals surface area contributed by atoms with Gasteiger partial charge in [0.1, 0.15) is 0 Å². The summed E-state index contributed by atoms with van der Waals surface area (Å²) in [7, 11) is 0. The molecule has 0 fully saturated rings. The predicted octanol–water partition coefficient (Wildman–Crippen LogP) is 3.66. The van der Waals surface area contributed by atoms with E-state index in [1.807, 2.05) is 42.5 Å². The number of rotatable bonds is 5. The van der Waals surface area contributed by atoms with Crippen LogP contribution in [0.1, 0.15) is 15.4 Å². The van der Waals surface area contributed by atoms with Crippen molar-refractivity contribution in [3.8, 4) is 11.3 Å². The van der Waals surface area contributed by atoms with Crippen LogP contribution in [-0.2, 0) is 6.42 Å². The van der Waals surface area contributed by atoms with Crippen LogP contribution in [0.15, 0.2) is 60.2 Å². The van der Waals surface area contributed by atoms with Gasteiger partial charge >= 0.3 is 0 Å². The minimum atomic E-state index is -0.0867. The Kier molecular flexibility index (Phi) is 4.26. The first kappa shape index (κ1) is 15.5. The number of benzene rings is 2. The highest BCUT2D eigenvalue weighted by Crippen LogP contribution is 2.21. The number of thiazole rings is 1. The summed E-state index contributed by atoms with van der Waals surface area (Å²) < 4.78 is 0. The van der Waals surface area contributed by atoms with Gasteiger partial charge in [-0.25, -0.2) is 9.97 Å². The van der Waals surface area contributed by atoms with Gasteiger partial charge in [-0.15, -0.1) is 11.3 Å². The third-order valence-corrected chi connectivity index (χ3v) is 4.84. The van der Waals surface area contributed by atoms with Crippen molar-refractivity contribution >= 4 is 28.3 Å². The Morgan fingerprint density at radius 3 is 2.92 bits per heavy atom. The summed E-state index contributed by atoms with van der Waals surface area (Å²) in [5.74, 6) is -0.0867. The second-order valence-electron chi connectivity index (χ2n) is 5.63. The Labute approximate surface area is 148 Å². The van der Waals surface area contributed by atoms with Crippen LogP contribution in [0, 0.1) is 0 Å². The molecular formula is C19H16N4OS. The molecule has 0 bridgehead atoms. The van der Waals surface area contributed by atoms with Crippen molar-refractivity contribution in [3.05, 3.63) is 70.8 Å². The van der Waals surface area contributed by atoms with Crippen LogP contribution in [0.5, 0.6) is 0 Å². The number of nitrogens with one attached hydrogen (secondary N) is 2. The summed E-state index contributed by atoms with van der Waals surface area (Å²) in [6.45, 7) is 0.557. The number of carbonyl (C=O) groups is 1. The van der Waals surface area contributed by atoms with E-state index in [0.29, 0.717) is 12.1 Å². The van der Waals surface area contributed by atoms with Crippen molar-refractivity contribution in [1.82, 2.24) is 20.3 Å². The highest BCUT2D eigenvalue weighted by Gasteiger charge is 2.08. The number of H-pyrrole nitrogens is 1. The minimum absolute atomic E-state index is 0.0867. The zero-order valence-corrected chi connectivity index (χ0v) is 14.2. The number of imidazole rings is 1. The van der Waals surface area contributed by atoms with E-state index >= 15 is 0 Å². The third kappa shape index (κ3) is 3.44. The van der Waals surface area contributed by atoms with E-state index in [1.54, 1.807) is 23.7 Å². The third-order valence-electron chi connectivity index (χ3n) is 3.93. The quantitative estimate of drug-likeness (QED) is 0.578. The maximum atomic E-state index is 12.3.